The summed E-state index contributed by atoms with van der Waals surface area (Å²) < 4.78 is 6.05. The van der Waals surface area contributed by atoms with Gasteiger partial charge in [0.2, 0.25) is 5.91 Å². The SMILES string of the molecule is CC.O=C(C1CCN(CC2=CCNC=C2)CC1)N1CCC(Oc2cc(Cl)cc(Cl)c2)CC1. The van der Waals surface area contributed by atoms with E-state index < -0.39 is 0 Å². The molecule has 1 aromatic carbocycles. The highest BCUT2D eigenvalue weighted by Crippen LogP contribution is 2.28. The molecule has 2 fully saturated rings. The van der Waals surface area contributed by atoms with E-state index in [4.69, 9.17) is 27.9 Å². The Morgan fingerprint density at radius 2 is 1.69 bits per heavy atom. The highest BCUT2D eigenvalue weighted by molar-refractivity contribution is 6.34. The van der Waals surface area contributed by atoms with E-state index in [2.05, 4.69) is 22.4 Å². The average molecular weight is 480 g/mol. The Morgan fingerprint density at radius 1 is 1.03 bits per heavy atom. The Labute approximate surface area is 202 Å². The van der Waals surface area contributed by atoms with Crippen molar-refractivity contribution in [3.05, 3.63) is 52.2 Å². The number of halogens is 2. The van der Waals surface area contributed by atoms with Gasteiger partial charge in [-0.25, -0.2) is 0 Å². The molecular weight excluding hydrogens is 445 g/mol. The molecule has 1 amide bonds. The summed E-state index contributed by atoms with van der Waals surface area (Å²) in [4.78, 5) is 17.5. The predicted octanol–water partition coefficient (Wildman–Crippen LogP) is 5.14. The summed E-state index contributed by atoms with van der Waals surface area (Å²) in [5, 5.41) is 4.33. The molecule has 0 spiro atoms. The van der Waals surface area contributed by atoms with Crippen LogP contribution in [0.5, 0.6) is 5.75 Å². The summed E-state index contributed by atoms with van der Waals surface area (Å²) in [6, 6.07) is 5.27. The maximum absolute atomic E-state index is 13.0. The van der Waals surface area contributed by atoms with Gasteiger partial charge in [0.15, 0.2) is 0 Å². The third-order valence-electron chi connectivity index (χ3n) is 6.13. The monoisotopic (exact) mass is 479 g/mol. The molecule has 0 aliphatic carbocycles. The summed E-state index contributed by atoms with van der Waals surface area (Å²) >= 11 is 12.1. The Bertz CT molecular complexity index is 791. The van der Waals surface area contributed by atoms with Crippen LogP contribution in [-0.2, 0) is 4.79 Å². The summed E-state index contributed by atoms with van der Waals surface area (Å²) in [5.74, 6) is 1.17. The van der Waals surface area contributed by atoms with Gasteiger partial charge in [0, 0.05) is 55.0 Å². The molecule has 3 aliphatic heterocycles. The number of rotatable bonds is 5. The number of likely N-dealkylation sites (tertiary alicyclic amines) is 2. The molecule has 32 heavy (non-hydrogen) atoms. The first-order valence-corrected chi connectivity index (χ1v) is 12.6. The molecule has 1 aromatic rings. The first kappa shape index (κ1) is 24.9. The van der Waals surface area contributed by atoms with Crippen molar-refractivity contribution in [2.75, 3.05) is 39.3 Å². The number of amides is 1. The lowest BCUT2D eigenvalue weighted by atomic mass is 9.93. The molecular formula is C25H35Cl2N3O2. The van der Waals surface area contributed by atoms with Crippen LogP contribution in [0.4, 0.5) is 0 Å². The second kappa shape index (κ2) is 12.5. The highest BCUT2D eigenvalue weighted by atomic mass is 35.5. The van der Waals surface area contributed by atoms with Crippen LogP contribution in [0.2, 0.25) is 10.0 Å². The van der Waals surface area contributed by atoms with Gasteiger partial charge in [0.05, 0.1) is 0 Å². The lowest BCUT2D eigenvalue weighted by Crippen LogP contribution is -2.47. The Hall–Kier alpha value is -1.69. The molecule has 0 bridgehead atoms. The van der Waals surface area contributed by atoms with Crippen LogP contribution < -0.4 is 10.1 Å². The van der Waals surface area contributed by atoms with E-state index in [1.54, 1.807) is 18.2 Å². The number of carbonyl (C=O) groups is 1. The van der Waals surface area contributed by atoms with Crippen LogP contribution in [0, 0.1) is 5.92 Å². The minimum absolute atomic E-state index is 0.0942. The van der Waals surface area contributed by atoms with E-state index in [1.807, 2.05) is 24.9 Å². The average Bonchev–Trinajstić information content (AvgIpc) is 2.81. The van der Waals surface area contributed by atoms with E-state index >= 15 is 0 Å². The Morgan fingerprint density at radius 3 is 2.28 bits per heavy atom. The number of piperidine rings is 2. The van der Waals surface area contributed by atoms with E-state index in [9.17, 15) is 4.79 Å². The van der Waals surface area contributed by atoms with Crippen molar-refractivity contribution in [1.82, 2.24) is 15.1 Å². The minimum atomic E-state index is 0.0942. The normalized spacial score (nSPS) is 20.1. The Balaban J connectivity index is 0.00000141. The van der Waals surface area contributed by atoms with Gasteiger partial charge in [-0.2, -0.15) is 0 Å². The number of nitrogens with zero attached hydrogens (tertiary/aromatic N) is 2. The second-order valence-electron chi connectivity index (χ2n) is 8.32. The quantitative estimate of drug-likeness (QED) is 0.634. The minimum Gasteiger partial charge on any atom is -0.490 e. The number of ether oxygens (including phenoxy) is 1. The number of benzene rings is 1. The number of dihydropyridines is 1. The van der Waals surface area contributed by atoms with Gasteiger partial charge in [-0.05, 0) is 62.0 Å². The molecule has 3 aliphatic rings. The molecule has 3 heterocycles. The van der Waals surface area contributed by atoms with Crippen LogP contribution in [0.15, 0.2) is 42.1 Å². The number of hydrogen-bond donors (Lipinski definition) is 1. The van der Waals surface area contributed by atoms with Gasteiger partial charge in [-0.3, -0.25) is 9.69 Å². The molecule has 5 nitrogen and oxygen atoms in total. The molecule has 2 saturated heterocycles. The number of carbonyl (C=O) groups excluding carboxylic acids is 1. The van der Waals surface area contributed by atoms with Crippen molar-refractivity contribution in [1.29, 1.82) is 0 Å². The summed E-state index contributed by atoms with van der Waals surface area (Å²) in [6.45, 7) is 9.37. The number of nitrogens with one attached hydrogen (secondary N) is 1. The van der Waals surface area contributed by atoms with Crippen molar-refractivity contribution in [3.8, 4) is 5.75 Å². The van der Waals surface area contributed by atoms with Crippen LogP contribution in [0.3, 0.4) is 0 Å². The largest absolute Gasteiger partial charge is 0.490 e. The fourth-order valence-corrected chi connectivity index (χ4v) is 4.95. The smallest absolute Gasteiger partial charge is 0.225 e. The zero-order valence-electron chi connectivity index (χ0n) is 19.2. The third-order valence-corrected chi connectivity index (χ3v) is 6.57. The van der Waals surface area contributed by atoms with Gasteiger partial charge in [0.25, 0.3) is 0 Å². The topological polar surface area (TPSA) is 44.8 Å². The van der Waals surface area contributed by atoms with Crippen molar-refractivity contribution in [2.24, 2.45) is 5.92 Å². The van der Waals surface area contributed by atoms with Crippen LogP contribution in [0.1, 0.15) is 39.5 Å². The third kappa shape index (κ3) is 7.16. The van der Waals surface area contributed by atoms with E-state index in [-0.39, 0.29) is 12.0 Å². The second-order valence-corrected chi connectivity index (χ2v) is 9.19. The fourth-order valence-electron chi connectivity index (χ4n) is 4.45. The van der Waals surface area contributed by atoms with Gasteiger partial charge in [0.1, 0.15) is 11.9 Å². The number of hydrogen-bond acceptors (Lipinski definition) is 4. The molecule has 0 atom stereocenters. The molecule has 7 heteroatoms. The first-order chi connectivity index (χ1) is 15.6. The summed E-state index contributed by atoms with van der Waals surface area (Å²) in [5.41, 5.74) is 1.36. The molecule has 0 unspecified atom stereocenters. The van der Waals surface area contributed by atoms with E-state index in [1.165, 1.54) is 5.57 Å². The van der Waals surface area contributed by atoms with Crippen LogP contribution >= 0.6 is 23.2 Å². The van der Waals surface area contributed by atoms with Crippen LogP contribution in [0.25, 0.3) is 0 Å². The van der Waals surface area contributed by atoms with Gasteiger partial charge in [-0.1, -0.05) is 43.1 Å². The van der Waals surface area contributed by atoms with E-state index in [0.717, 1.165) is 65.0 Å². The standard InChI is InChI=1S/C23H29Cl2N3O2.C2H6/c24-19-13-20(25)15-22(14-19)30-21-5-11-28(12-6-21)23(29)18-3-9-27(10-4-18)16-17-1-7-26-8-2-17;1-2/h1-2,7,13-15,18,21,26H,3-6,8-12,16H2;1-2H3. The van der Waals surface area contributed by atoms with Gasteiger partial charge >= 0.3 is 0 Å². The predicted molar refractivity (Wildman–Crippen MR) is 132 cm³/mol. The maximum Gasteiger partial charge on any atom is 0.225 e. The lowest BCUT2D eigenvalue weighted by molar-refractivity contribution is -0.138. The van der Waals surface area contributed by atoms with Crippen molar-refractivity contribution in [3.63, 3.8) is 0 Å². The lowest BCUT2D eigenvalue weighted by Gasteiger charge is -2.37. The molecule has 176 valence electrons. The molecule has 0 saturated carbocycles. The molecule has 0 aromatic heterocycles. The van der Waals surface area contributed by atoms with Crippen molar-refractivity contribution in [2.45, 2.75) is 45.6 Å². The zero-order valence-corrected chi connectivity index (χ0v) is 20.7. The highest BCUT2D eigenvalue weighted by Gasteiger charge is 2.31. The fraction of sp³-hybridized carbons (Fsp3) is 0.560. The molecule has 1 N–H and O–H groups in total. The molecule has 0 radical (unpaired) electrons. The van der Waals surface area contributed by atoms with Crippen molar-refractivity contribution >= 4 is 29.1 Å². The zero-order chi connectivity index (χ0) is 22.9. The van der Waals surface area contributed by atoms with Crippen molar-refractivity contribution < 1.29 is 9.53 Å². The van der Waals surface area contributed by atoms with E-state index in [0.29, 0.717) is 21.7 Å². The summed E-state index contributed by atoms with van der Waals surface area (Å²) in [7, 11) is 0. The first-order valence-electron chi connectivity index (χ1n) is 11.8. The Kier molecular flexibility index (Phi) is 9.76. The maximum atomic E-state index is 13.0. The van der Waals surface area contributed by atoms with Crippen LogP contribution in [-0.4, -0.2) is 61.1 Å². The van der Waals surface area contributed by atoms with Gasteiger partial charge < -0.3 is 15.0 Å². The van der Waals surface area contributed by atoms with Gasteiger partial charge in [-0.15, -0.1) is 0 Å². The molecule has 4 rings (SSSR count). The summed E-state index contributed by atoms with van der Waals surface area (Å²) in [6.07, 6.45) is 10.1.